The van der Waals surface area contributed by atoms with Gasteiger partial charge in [-0.05, 0) is 50.3 Å². The minimum atomic E-state index is 0. The van der Waals surface area contributed by atoms with Crippen molar-refractivity contribution in [3.8, 4) is 12.1 Å². The Bertz CT molecular complexity index is 1450. The standard InChI is InChI=1S/C27H25Cl2N6.BrH/c1-3-32-24-15-20(28)21(29)16-25(24)33(4-2)26(32)9-7-19-10-13-35-23-14-18(17-31)6-8-22(23)34(27(19)35)12-5-11-30;/h6-9,14-16H,3-5,10,12-13H2,1-2H3;1H/q+1;/p-1. The SMILES string of the molecule is CCN1C(=CC=C2CCn3c2[n+](CCC#N)c2ccc(C#N)cc23)N(CC)c2cc(Cl)c(Cl)cc21.[Br-]. The van der Waals surface area contributed by atoms with Crippen LogP contribution in [0.4, 0.5) is 11.4 Å². The fraction of sp³-hybridized carbons (Fsp3) is 0.296. The molecule has 3 aromatic rings. The molecular weight excluding hydrogens is 559 g/mol. The summed E-state index contributed by atoms with van der Waals surface area (Å²) in [6.07, 6.45) is 5.69. The number of imidazole rings is 1. The first-order valence-corrected chi connectivity index (χ1v) is 12.6. The number of hydrogen-bond acceptors (Lipinski definition) is 4. The van der Waals surface area contributed by atoms with Crippen molar-refractivity contribution in [2.45, 2.75) is 39.8 Å². The summed E-state index contributed by atoms with van der Waals surface area (Å²) in [5.74, 6) is 2.19. The van der Waals surface area contributed by atoms with Gasteiger partial charge in [-0.15, -0.1) is 0 Å². The number of aromatic nitrogens is 2. The van der Waals surface area contributed by atoms with Crippen LogP contribution in [0.3, 0.4) is 0 Å². The molecule has 6 nitrogen and oxygen atoms in total. The highest BCUT2D eigenvalue weighted by Gasteiger charge is 2.34. The van der Waals surface area contributed by atoms with Gasteiger partial charge in [0.05, 0.1) is 52.1 Å². The topological polar surface area (TPSA) is 62.9 Å². The molecule has 0 saturated heterocycles. The fourth-order valence-corrected chi connectivity index (χ4v) is 5.56. The predicted octanol–water partition coefficient (Wildman–Crippen LogP) is 3.02. The summed E-state index contributed by atoms with van der Waals surface area (Å²) in [5, 5.41) is 19.8. The van der Waals surface area contributed by atoms with E-state index >= 15 is 0 Å². The van der Waals surface area contributed by atoms with Gasteiger partial charge in [-0.25, -0.2) is 9.13 Å². The van der Waals surface area contributed by atoms with Gasteiger partial charge in [-0.1, -0.05) is 23.2 Å². The van der Waals surface area contributed by atoms with Crippen LogP contribution in [0.1, 0.15) is 38.1 Å². The first-order chi connectivity index (χ1) is 17.0. The maximum absolute atomic E-state index is 9.40. The first kappa shape index (κ1) is 26.1. The van der Waals surface area contributed by atoms with Crippen molar-refractivity contribution in [3.05, 3.63) is 69.7 Å². The Kier molecular flexibility index (Phi) is 7.66. The fourth-order valence-electron chi connectivity index (χ4n) is 5.24. The lowest BCUT2D eigenvalue weighted by Crippen LogP contribution is -3.00. The Morgan fingerprint density at radius 1 is 1.00 bits per heavy atom. The maximum Gasteiger partial charge on any atom is 0.285 e. The number of hydrogen-bond donors (Lipinski definition) is 0. The lowest BCUT2D eigenvalue weighted by molar-refractivity contribution is -0.673. The summed E-state index contributed by atoms with van der Waals surface area (Å²) >= 11 is 12.7. The van der Waals surface area contributed by atoms with Gasteiger partial charge in [-0.3, -0.25) is 0 Å². The largest absolute Gasteiger partial charge is 1.00 e. The number of halogens is 3. The van der Waals surface area contributed by atoms with Gasteiger partial charge in [0.1, 0.15) is 12.4 Å². The molecule has 2 aliphatic rings. The molecule has 3 heterocycles. The second-order valence-corrected chi connectivity index (χ2v) is 9.38. The van der Waals surface area contributed by atoms with E-state index in [4.69, 9.17) is 23.2 Å². The van der Waals surface area contributed by atoms with E-state index in [0.29, 0.717) is 28.6 Å². The molecule has 0 atom stereocenters. The number of fused-ring (bicyclic) bond motifs is 4. The molecule has 0 radical (unpaired) electrons. The minimum Gasteiger partial charge on any atom is -1.00 e. The van der Waals surface area contributed by atoms with Crippen LogP contribution in [0, 0.1) is 22.7 Å². The van der Waals surface area contributed by atoms with Crippen LogP contribution in [-0.2, 0) is 13.1 Å². The molecule has 0 amide bonds. The molecule has 9 heteroatoms. The maximum atomic E-state index is 9.40. The highest BCUT2D eigenvalue weighted by atomic mass is 79.9. The number of benzene rings is 2. The molecular formula is C27H25BrCl2N6. The molecule has 36 heavy (non-hydrogen) atoms. The van der Waals surface area contributed by atoms with Gasteiger partial charge in [0.2, 0.25) is 0 Å². The molecule has 0 fully saturated rings. The monoisotopic (exact) mass is 582 g/mol. The van der Waals surface area contributed by atoms with E-state index in [-0.39, 0.29) is 17.0 Å². The van der Waals surface area contributed by atoms with Gasteiger partial charge in [-0.2, -0.15) is 10.5 Å². The Morgan fingerprint density at radius 3 is 2.25 bits per heavy atom. The molecule has 0 unspecified atom stereocenters. The molecule has 0 saturated carbocycles. The molecule has 1 aromatic heterocycles. The third-order valence-electron chi connectivity index (χ3n) is 6.75. The number of rotatable bonds is 5. The van der Waals surface area contributed by atoms with Crippen LogP contribution in [0.5, 0.6) is 0 Å². The van der Waals surface area contributed by atoms with Crippen molar-refractivity contribution < 1.29 is 21.5 Å². The summed E-state index contributed by atoms with van der Waals surface area (Å²) in [6, 6.07) is 14.2. The average molecular weight is 584 g/mol. The Labute approximate surface area is 231 Å². The highest BCUT2D eigenvalue weighted by molar-refractivity contribution is 6.42. The van der Waals surface area contributed by atoms with Crippen LogP contribution in [-0.4, -0.2) is 17.7 Å². The van der Waals surface area contributed by atoms with E-state index in [2.05, 4.69) is 57.1 Å². The van der Waals surface area contributed by atoms with Crippen molar-refractivity contribution >= 4 is 51.2 Å². The number of allylic oxidation sites excluding steroid dienone is 3. The minimum absolute atomic E-state index is 0. The molecule has 184 valence electrons. The third kappa shape index (κ3) is 4.16. The van der Waals surface area contributed by atoms with Crippen LogP contribution in [0.25, 0.3) is 16.6 Å². The van der Waals surface area contributed by atoms with Crippen molar-refractivity contribution in [2.75, 3.05) is 22.9 Å². The van der Waals surface area contributed by atoms with Gasteiger partial charge in [0, 0.05) is 31.1 Å². The van der Waals surface area contributed by atoms with Gasteiger partial charge < -0.3 is 26.8 Å². The molecule has 0 N–H and O–H groups in total. The molecule has 0 aliphatic carbocycles. The first-order valence-electron chi connectivity index (χ1n) is 11.8. The lowest BCUT2D eigenvalue weighted by Gasteiger charge is -2.23. The Balaban J connectivity index is 0.00000304. The Hall–Kier alpha value is -2.97. The summed E-state index contributed by atoms with van der Waals surface area (Å²) in [5.41, 5.74) is 6.06. The van der Waals surface area contributed by atoms with Crippen molar-refractivity contribution in [2.24, 2.45) is 0 Å². The third-order valence-corrected chi connectivity index (χ3v) is 7.48. The molecule has 2 aromatic carbocycles. The highest BCUT2D eigenvalue weighted by Crippen LogP contribution is 2.45. The van der Waals surface area contributed by atoms with E-state index in [0.717, 1.165) is 60.1 Å². The van der Waals surface area contributed by atoms with Crippen LogP contribution in [0.15, 0.2) is 48.3 Å². The average Bonchev–Trinajstić information content (AvgIpc) is 3.50. The molecule has 5 rings (SSSR count). The summed E-state index contributed by atoms with van der Waals surface area (Å²) in [7, 11) is 0. The zero-order chi connectivity index (χ0) is 24.7. The van der Waals surface area contributed by atoms with E-state index in [1.54, 1.807) is 0 Å². The number of nitriles is 2. The van der Waals surface area contributed by atoms with Crippen molar-refractivity contribution in [1.29, 1.82) is 10.5 Å². The van der Waals surface area contributed by atoms with E-state index < -0.39 is 0 Å². The molecule has 0 spiro atoms. The van der Waals surface area contributed by atoms with Crippen molar-refractivity contribution in [3.63, 3.8) is 0 Å². The van der Waals surface area contributed by atoms with Gasteiger partial charge in [0.25, 0.3) is 5.82 Å². The van der Waals surface area contributed by atoms with E-state index in [1.807, 2.05) is 30.3 Å². The van der Waals surface area contributed by atoms with Crippen LogP contribution >= 0.6 is 23.2 Å². The second-order valence-electron chi connectivity index (χ2n) is 8.56. The Morgan fingerprint density at radius 2 is 1.67 bits per heavy atom. The lowest BCUT2D eigenvalue weighted by atomic mass is 10.2. The van der Waals surface area contributed by atoms with Crippen molar-refractivity contribution in [1.82, 2.24) is 4.57 Å². The zero-order valence-corrected chi connectivity index (χ0v) is 23.2. The van der Waals surface area contributed by atoms with E-state index in [1.165, 1.54) is 5.57 Å². The number of aryl methyl sites for hydroxylation is 2. The molecule has 2 aliphatic heterocycles. The number of anilines is 2. The van der Waals surface area contributed by atoms with E-state index in [9.17, 15) is 10.5 Å². The summed E-state index contributed by atoms with van der Waals surface area (Å²) in [4.78, 5) is 4.51. The quantitative estimate of drug-likeness (QED) is 0.433. The normalized spacial score (nSPS) is 15.1. The zero-order valence-electron chi connectivity index (χ0n) is 20.1. The van der Waals surface area contributed by atoms with Crippen LogP contribution in [0.2, 0.25) is 10.0 Å². The molecule has 0 bridgehead atoms. The van der Waals surface area contributed by atoms with Gasteiger partial charge >= 0.3 is 0 Å². The second kappa shape index (κ2) is 10.6. The van der Waals surface area contributed by atoms with Gasteiger partial charge in [0.15, 0.2) is 11.0 Å². The summed E-state index contributed by atoms with van der Waals surface area (Å²) in [6.45, 7) is 7.31. The summed E-state index contributed by atoms with van der Waals surface area (Å²) < 4.78 is 4.49. The number of nitrogens with zero attached hydrogens (tertiary/aromatic N) is 6. The van der Waals surface area contributed by atoms with Crippen LogP contribution < -0.4 is 31.3 Å². The predicted molar refractivity (Wildman–Crippen MR) is 140 cm³/mol. The smallest absolute Gasteiger partial charge is 0.285 e.